The van der Waals surface area contributed by atoms with Gasteiger partial charge in [0.2, 0.25) is 5.88 Å². The van der Waals surface area contributed by atoms with Crippen molar-refractivity contribution in [1.29, 1.82) is 0 Å². The average molecular weight is 286 g/mol. The van der Waals surface area contributed by atoms with E-state index in [1.54, 1.807) is 6.20 Å². The quantitative estimate of drug-likeness (QED) is 0.836. The molecule has 1 aromatic rings. The monoisotopic (exact) mass is 285 g/mol. The fourth-order valence-corrected chi connectivity index (χ4v) is 2.40. The van der Waals surface area contributed by atoms with Gasteiger partial charge in [-0.3, -0.25) is 0 Å². The Hall–Kier alpha value is -0.610. The summed E-state index contributed by atoms with van der Waals surface area (Å²) in [7, 11) is 0. The molecule has 88 valence electrons. The van der Waals surface area contributed by atoms with E-state index in [0.717, 1.165) is 17.3 Å². The molecule has 1 fully saturated rings. The Labute approximate surface area is 104 Å². The van der Waals surface area contributed by atoms with Crippen molar-refractivity contribution in [2.75, 3.05) is 0 Å². The third kappa shape index (κ3) is 2.95. The average Bonchev–Trinajstić information content (AvgIpc) is 2.20. The van der Waals surface area contributed by atoms with E-state index >= 15 is 0 Å². The molecular formula is C12H16BrNO2. The summed E-state index contributed by atoms with van der Waals surface area (Å²) in [5, 5.41) is 0. The number of hydrogen-bond donors (Lipinski definition) is 0. The zero-order valence-corrected chi connectivity index (χ0v) is 11.1. The van der Waals surface area contributed by atoms with Crippen molar-refractivity contribution in [1.82, 2.24) is 4.98 Å². The molecular weight excluding hydrogens is 270 g/mol. The second kappa shape index (κ2) is 5.15. The zero-order valence-electron chi connectivity index (χ0n) is 9.52. The van der Waals surface area contributed by atoms with Crippen LogP contribution in [0.4, 0.5) is 0 Å². The lowest BCUT2D eigenvalue weighted by Crippen LogP contribution is -2.35. The Balaban J connectivity index is 2.02. The van der Waals surface area contributed by atoms with E-state index in [0.29, 0.717) is 5.88 Å². The summed E-state index contributed by atoms with van der Waals surface area (Å²) in [6.07, 6.45) is 4.31. The molecule has 0 N–H and O–H groups in total. The summed E-state index contributed by atoms with van der Waals surface area (Å²) in [5.41, 5.74) is 0. The molecule has 0 radical (unpaired) electrons. The predicted octanol–water partition coefficient (Wildman–Crippen LogP) is 3.18. The Kier molecular flexibility index (Phi) is 3.82. The van der Waals surface area contributed by atoms with Crippen molar-refractivity contribution >= 4 is 15.9 Å². The standard InChI is InChI=1S/C12H16BrNO2/c1-8-6-10(7-9(2)15-8)16-12-11(13)4-3-5-14-12/h3-5,8-10H,6-7H2,1-2H3. The lowest BCUT2D eigenvalue weighted by atomic mass is 10.0. The maximum absolute atomic E-state index is 5.89. The van der Waals surface area contributed by atoms with Crippen molar-refractivity contribution in [3.05, 3.63) is 22.8 Å². The van der Waals surface area contributed by atoms with Crippen LogP contribution >= 0.6 is 15.9 Å². The first kappa shape index (κ1) is 11.9. The molecule has 2 rings (SSSR count). The van der Waals surface area contributed by atoms with E-state index in [2.05, 4.69) is 34.8 Å². The van der Waals surface area contributed by atoms with E-state index in [9.17, 15) is 0 Å². The van der Waals surface area contributed by atoms with Gasteiger partial charge in [-0.25, -0.2) is 4.98 Å². The predicted molar refractivity (Wildman–Crippen MR) is 65.6 cm³/mol. The lowest BCUT2D eigenvalue weighted by molar-refractivity contribution is -0.0731. The van der Waals surface area contributed by atoms with Crippen LogP contribution in [0, 0.1) is 0 Å². The topological polar surface area (TPSA) is 31.4 Å². The second-order valence-electron chi connectivity index (χ2n) is 4.26. The molecule has 2 heterocycles. The smallest absolute Gasteiger partial charge is 0.228 e. The largest absolute Gasteiger partial charge is 0.473 e. The summed E-state index contributed by atoms with van der Waals surface area (Å²) in [6, 6.07) is 3.82. The van der Waals surface area contributed by atoms with Crippen LogP contribution in [-0.2, 0) is 4.74 Å². The number of nitrogens with zero attached hydrogens (tertiary/aromatic N) is 1. The van der Waals surface area contributed by atoms with Crippen LogP contribution in [0.3, 0.4) is 0 Å². The SMILES string of the molecule is CC1CC(Oc2ncccc2Br)CC(C)O1. The third-order valence-corrected chi connectivity index (χ3v) is 3.26. The minimum absolute atomic E-state index is 0.199. The highest BCUT2D eigenvalue weighted by Crippen LogP contribution is 2.27. The number of pyridine rings is 1. The lowest BCUT2D eigenvalue weighted by Gasteiger charge is -2.32. The van der Waals surface area contributed by atoms with Crippen LogP contribution in [0.1, 0.15) is 26.7 Å². The fourth-order valence-electron chi connectivity index (χ4n) is 2.06. The van der Waals surface area contributed by atoms with Crippen molar-refractivity contribution in [2.45, 2.75) is 45.0 Å². The number of ether oxygens (including phenoxy) is 2. The molecule has 0 aromatic carbocycles. The van der Waals surface area contributed by atoms with Gasteiger partial charge >= 0.3 is 0 Å². The molecule has 1 aliphatic heterocycles. The normalized spacial score (nSPS) is 30.1. The molecule has 1 aromatic heterocycles. The van der Waals surface area contributed by atoms with Gasteiger partial charge in [-0.2, -0.15) is 0 Å². The Morgan fingerprint density at radius 3 is 2.69 bits per heavy atom. The first-order valence-corrected chi connectivity index (χ1v) is 6.37. The van der Waals surface area contributed by atoms with E-state index < -0.39 is 0 Å². The van der Waals surface area contributed by atoms with Gasteiger partial charge in [0.15, 0.2) is 0 Å². The Morgan fingerprint density at radius 1 is 1.38 bits per heavy atom. The molecule has 0 aliphatic carbocycles. The minimum atomic E-state index is 0.199. The number of halogens is 1. The maximum Gasteiger partial charge on any atom is 0.228 e. The van der Waals surface area contributed by atoms with Gasteiger partial charge in [0.1, 0.15) is 6.10 Å². The van der Waals surface area contributed by atoms with Crippen LogP contribution in [-0.4, -0.2) is 23.3 Å². The highest BCUT2D eigenvalue weighted by molar-refractivity contribution is 9.10. The molecule has 4 heteroatoms. The minimum Gasteiger partial charge on any atom is -0.473 e. The third-order valence-electron chi connectivity index (χ3n) is 2.66. The molecule has 2 unspecified atom stereocenters. The maximum atomic E-state index is 5.89. The summed E-state index contributed by atoms with van der Waals surface area (Å²) < 4.78 is 12.5. The molecule has 0 saturated carbocycles. The van der Waals surface area contributed by atoms with Crippen LogP contribution in [0.2, 0.25) is 0 Å². The van der Waals surface area contributed by atoms with Crippen LogP contribution in [0.15, 0.2) is 22.8 Å². The number of hydrogen-bond acceptors (Lipinski definition) is 3. The molecule has 1 aliphatic rings. The van der Waals surface area contributed by atoms with E-state index in [-0.39, 0.29) is 18.3 Å². The van der Waals surface area contributed by atoms with E-state index in [4.69, 9.17) is 9.47 Å². The van der Waals surface area contributed by atoms with E-state index in [1.165, 1.54) is 0 Å². The van der Waals surface area contributed by atoms with Gasteiger partial charge in [-0.15, -0.1) is 0 Å². The van der Waals surface area contributed by atoms with Gasteiger partial charge in [-0.1, -0.05) is 0 Å². The fraction of sp³-hybridized carbons (Fsp3) is 0.583. The van der Waals surface area contributed by atoms with Gasteiger partial charge in [0.25, 0.3) is 0 Å². The second-order valence-corrected chi connectivity index (χ2v) is 5.11. The van der Waals surface area contributed by atoms with E-state index in [1.807, 2.05) is 12.1 Å². The summed E-state index contributed by atoms with van der Waals surface area (Å²) in [4.78, 5) is 4.21. The summed E-state index contributed by atoms with van der Waals surface area (Å²) in [5.74, 6) is 0.675. The first-order chi connectivity index (χ1) is 7.65. The Bertz CT molecular complexity index is 349. The molecule has 3 nitrogen and oxygen atoms in total. The van der Waals surface area contributed by atoms with Gasteiger partial charge in [-0.05, 0) is 41.9 Å². The van der Waals surface area contributed by atoms with Crippen molar-refractivity contribution in [3.8, 4) is 5.88 Å². The summed E-state index contributed by atoms with van der Waals surface area (Å²) >= 11 is 3.43. The van der Waals surface area contributed by atoms with Crippen molar-refractivity contribution < 1.29 is 9.47 Å². The summed E-state index contributed by atoms with van der Waals surface area (Å²) in [6.45, 7) is 4.17. The zero-order chi connectivity index (χ0) is 11.5. The van der Waals surface area contributed by atoms with Gasteiger partial charge in [0.05, 0.1) is 16.7 Å². The number of rotatable bonds is 2. The van der Waals surface area contributed by atoms with Crippen molar-refractivity contribution in [2.24, 2.45) is 0 Å². The number of aromatic nitrogens is 1. The Morgan fingerprint density at radius 2 is 2.06 bits per heavy atom. The van der Waals surface area contributed by atoms with Gasteiger partial charge in [0, 0.05) is 19.0 Å². The van der Waals surface area contributed by atoms with Crippen LogP contribution in [0.5, 0.6) is 5.88 Å². The highest BCUT2D eigenvalue weighted by atomic mass is 79.9. The van der Waals surface area contributed by atoms with Crippen LogP contribution < -0.4 is 4.74 Å². The first-order valence-electron chi connectivity index (χ1n) is 5.58. The molecule has 0 amide bonds. The van der Waals surface area contributed by atoms with Crippen molar-refractivity contribution in [3.63, 3.8) is 0 Å². The molecule has 0 spiro atoms. The molecule has 16 heavy (non-hydrogen) atoms. The van der Waals surface area contributed by atoms with Crippen LogP contribution in [0.25, 0.3) is 0 Å². The molecule has 2 atom stereocenters. The van der Waals surface area contributed by atoms with Gasteiger partial charge < -0.3 is 9.47 Å². The highest BCUT2D eigenvalue weighted by Gasteiger charge is 2.26. The molecule has 1 saturated heterocycles. The molecule has 0 bridgehead atoms.